The third-order valence-electron chi connectivity index (χ3n) is 3.98. The zero-order valence-corrected chi connectivity index (χ0v) is 11.6. The van der Waals surface area contributed by atoms with Crippen LogP contribution in [0.5, 0.6) is 0 Å². The minimum absolute atomic E-state index is 0.00406. The number of aliphatic hydroxyl groups excluding tert-OH is 1. The lowest BCUT2D eigenvalue weighted by Gasteiger charge is -2.35. The number of hydrogen-bond acceptors (Lipinski definition) is 2. The number of carbonyl (C=O) groups excluding carboxylic acids is 1. The van der Waals surface area contributed by atoms with Gasteiger partial charge in [-0.2, -0.15) is 0 Å². The van der Waals surface area contributed by atoms with Gasteiger partial charge in [0, 0.05) is 18.4 Å². The van der Waals surface area contributed by atoms with Crippen molar-refractivity contribution in [1.82, 2.24) is 5.32 Å². The SMILES string of the molecule is CNC(=O)C(C)(C)C(C)C(CO)c1ccccc1. The Labute approximate surface area is 109 Å². The molecule has 0 aromatic heterocycles. The van der Waals surface area contributed by atoms with Gasteiger partial charge >= 0.3 is 0 Å². The van der Waals surface area contributed by atoms with Crippen molar-refractivity contribution in [3.8, 4) is 0 Å². The number of hydrogen-bond donors (Lipinski definition) is 2. The van der Waals surface area contributed by atoms with E-state index in [-0.39, 0.29) is 24.3 Å². The summed E-state index contributed by atoms with van der Waals surface area (Å²) in [4.78, 5) is 11.9. The number of benzene rings is 1. The first-order chi connectivity index (χ1) is 8.45. The molecule has 0 saturated heterocycles. The summed E-state index contributed by atoms with van der Waals surface area (Å²) in [6, 6.07) is 9.86. The average molecular weight is 249 g/mol. The number of nitrogens with one attached hydrogen (secondary N) is 1. The Kier molecular flexibility index (Phi) is 4.91. The van der Waals surface area contributed by atoms with Crippen LogP contribution in [0.25, 0.3) is 0 Å². The molecule has 0 radical (unpaired) electrons. The number of aliphatic hydroxyl groups is 1. The van der Waals surface area contributed by atoms with E-state index in [1.807, 2.05) is 51.1 Å². The highest BCUT2D eigenvalue weighted by molar-refractivity contribution is 5.81. The maximum atomic E-state index is 11.9. The Bertz CT molecular complexity index is 387. The summed E-state index contributed by atoms with van der Waals surface area (Å²) in [5, 5.41) is 12.3. The summed E-state index contributed by atoms with van der Waals surface area (Å²) in [6.07, 6.45) is 0. The van der Waals surface area contributed by atoms with Crippen molar-refractivity contribution in [2.45, 2.75) is 26.7 Å². The van der Waals surface area contributed by atoms with Crippen molar-refractivity contribution in [3.05, 3.63) is 35.9 Å². The minimum Gasteiger partial charge on any atom is -0.396 e. The van der Waals surface area contributed by atoms with Gasteiger partial charge in [0.25, 0.3) is 0 Å². The van der Waals surface area contributed by atoms with Gasteiger partial charge in [-0.05, 0) is 11.5 Å². The van der Waals surface area contributed by atoms with Gasteiger partial charge in [0.05, 0.1) is 6.61 Å². The second-order valence-corrected chi connectivity index (χ2v) is 5.29. The van der Waals surface area contributed by atoms with Crippen molar-refractivity contribution < 1.29 is 9.90 Å². The van der Waals surface area contributed by atoms with Gasteiger partial charge < -0.3 is 10.4 Å². The molecular weight excluding hydrogens is 226 g/mol. The van der Waals surface area contributed by atoms with Gasteiger partial charge in [-0.1, -0.05) is 51.1 Å². The molecule has 0 bridgehead atoms. The first-order valence-corrected chi connectivity index (χ1v) is 6.33. The molecule has 0 fully saturated rings. The Balaban J connectivity index is 2.99. The predicted octanol–water partition coefficient (Wildman–Crippen LogP) is 2.17. The molecule has 0 saturated carbocycles. The van der Waals surface area contributed by atoms with E-state index in [1.165, 1.54) is 0 Å². The van der Waals surface area contributed by atoms with E-state index in [4.69, 9.17) is 0 Å². The lowest BCUT2D eigenvalue weighted by molar-refractivity contribution is -0.132. The predicted molar refractivity (Wildman–Crippen MR) is 73.3 cm³/mol. The number of carbonyl (C=O) groups is 1. The van der Waals surface area contributed by atoms with Crippen LogP contribution in [0, 0.1) is 11.3 Å². The van der Waals surface area contributed by atoms with E-state index in [0.717, 1.165) is 5.56 Å². The molecule has 100 valence electrons. The van der Waals surface area contributed by atoms with Gasteiger partial charge in [0.15, 0.2) is 0 Å². The van der Waals surface area contributed by atoms with Gasteiger partial charge in [-0.3, -0.25) is 4.79 Å². The Morgan fingerprint density at radius 2 is 1.89 bits per heavy atom. The topological polar surface area (TPSA) is 49.3 Å². The second kappa shape index (κ2) is 6.01. The van der Waals surface area contributed by atoms with Crippen LogP contribution in [0.3, 0.4) is 0 Å². The van der Waals surface area contributed by atoms with Gasteiger partial charge in [0.2, 0.25) is 5.91 Å². The zero-order valence-electron chi connectivity index (χ0n) is 11.6. The first kappa shape index (κ1) is 14.7. The van der Waals surface area contributed by atoms with Crippen molar-refractivity contribution >= 4 is 5.91 Å². The maximum absolute atomic E-state index is 11.9. The van der Waals surface area contributed by atoms with E-state index in [0.29, 0.717) is 0 Å². The molecule has 1 amide bonds. The summed E-state index contributed by atoms with van der Waals surface area (Å²) in [5.74, 6) is 0.0210. The summed E-state index contributed by atoms with van der Waals surface area (Å²) in [6.45, 7) is 5.90. The molecule has 3 heteroatoms. The standard InChI is InChI=1S/C15H23NO2/c1-11(15(2,3)14(18)16-4)13(10-17)12-8-6-5-7-9-12/h5-9,11,13,17H,10H2,1-4H3,(H,16,18). The molecule has 0 aliphatic rings. The Morgan fingerprint density at radius 1 is 1.33 bits per heavy atom. The van der Waals surface area contributed by atoms with E-state index in [1.54, 1.807) is 7.05 Å². The Morgan fingerprint density at radius 3 is 2.33 bits per heavy atom. The van der Waals surface area contributed by atoms with Crippen molar-refractivity contribution in [2.75, 3.05) is 13.7 Å². The molecule has 1 aromatic rings. The average Bonchev–Trinajstić information content (AvgIpc) is 2.39. The molecule has 2 N–H and O–H groups in total. The van der Waals surface area contributed by atoms with Crippen LogP contribution in [-0.4, -0.2) is 24.7 Å². The lowest BCUT2D eigenvalue weighted by Crippen LogP contribution is -2.42. The summed E-state index contributed by atoms with van der Waals surface area (Å²) < 4.78 is 0. The smallest absolute Gasteiger partial charge is 0.225 e. The van der Waals surface area contributed by atoms with Crippen LogP contribution in [0.15, 0.2) is 30.3 Å². The van der Waals surface area contributed by atoms with Gasteiger partial charge in [-0.15, -0.1) is 0 Å². The normalized spacial score (nSPS) is 14.9. The highest BCUT2D eigenvalue weighted by atomic mass is 16.3. The van der Waals surface area contributed by atoms with Crippen molar-refractivity contribution in [2.24, 2.45) is 11.3 Å². The number of amides is 1. The molecule has 0 spiro atoms. The highest BCUT2D eigenvalue weighted by Crippen LogP contribution is 2.37. The maximum Gasteiger partial charge on any atom is 0.225 e. The van der Waals surface area contributed by atoms with Crippen LogP contribution < -0.4 is 5.32 Å². The third-order valence-corrected chi connectivity index (χ3v) is 3.98. The molecule has 0 aliphatic heterocycles. The summed E-state index contributed by atoms with van der Waals surface area (Å²) in [7, 11) is 1.65. The van der Waals surface area contributed by atoms with E-state index >= 15 is 0 Å². The molecule has 2 unspecified atom stereocenters. The van der Waals surface area contributed by atoms with Crippen LogP contribution >= 0.6 is 0 Å². The van der Waals surface area contributed by atoms with Crippen molar-refractivity contribution in [3.63, 3.8) is 0 Å². The Hall–Kier alpha value is -1.35. The largest absolute Gasteiger partial charge is 0.396 e. The van der Waals surface area contributed by atoms with Crippen molar-refractivity contribution in [1.29, 1.82) is 0 Å². The fourth-order valence-electron chi connectivity index (χ4n) is 2.28. The van der Waals surface area contributed by atoms with E-state index in [2.05, 4.69) is 5.32 Å². The van der Waals surface area contributed by atoms with Crippen LogP contribution in [0.1, 0.15) is 32.3 Å². The first-order valence-electron chi connectivity index (χ1n) is 6.33. The molecule has 0 heterocycles. The van der Waals surface area contributed by atoms with Gasteiger partial charge in [-0.25, -0.2) is 0 Å². The summed E-state index contributed by atoms with van der Waals surface area (Å²) in [5.41, 5.74) is 0.558. The minimum atomic E-state index is -0.516. The number of rotatable bonds is 5. The van der Waals surface area contributed by atoms with Crippen LogP contribution in [-0.2, 0) is 4.79 Å². The monoisotopic (exact) mass is 249 g/mol. The fraction of sp³-hybridized carbons (Fsp3) is 0.533. The fourth-order valence-corrected chi connectivity index (χ4v) is 2.28. The molecule has 2 atom stereocenters. The van der Waals surface area contributed by atoms with Gasteiger partial charge in [0.1, 0.15) is 0 Å². The van der Waals surface area contributed by atoms with E-state index in [9.17, 15) is 9.90 Å². The molecule has 1 aromatic carbocycles. The highest BCUT2D eigenvalue weighted by Gasteiger charge is 2.38. The quantitative estimate of drug-likeness (QED) is 0.840. The van der Waals surface area contributed by atoms with E-state index < -0.39 is 5.41 Å². The zero-order chi connectivity index (χ0) is 13.8. The van der Waals surface area contributed by atoms with Crippen LogP contribution in [0.2, 0.25) is 0 Å². The third kappa shape index (κ3) is 2.91. The second-order valence-electron chi connectivity index (χ2n) is 5.29. The van der Waals surface area contributed by atoms with Crippen LogP contribution in [0.4, 0.5) is 0 Å². The molecule has 0 aliphatic carbocycles. The molecule has 18 heavy (non-hydrogen) atoms. The lowest BCUT2D eigenvalue weighted by atomic mass is 9.70. The molecule has 3 nitrogen and oxygen atoms in total. The molecule has 1 rings (SSSR count). The summed E-state index contributed by atoms with van der Waals surface area (Å²) >= 11 is 0. The molecular formula is C15H23NO2.